The van der Waals surface area contributed by atoms with Crippen molar-refractivity contribution < 1.29 is 13.2 Å². The second kappa shape index (κ2) is 6.47. The van der Waals surface area contributed by atoms with Gasteiger partial charge in [0.1, 0.15) is 0 Å². The third kappa shape index (κ3) is 3.75. The molecule has 7 nitrogen and oxygen atoms in total. The Kier molecular flexibility index (Phi) is 4.92. The van der Waals surface area contributed by atoms with Gasteiger partial charge < -0.3 is 10.1 Å². The van der Waals surface area contributed by atoms with Gasteiger partial charge in [0.05, 0.1) is 6.20 Å². The first-order valence-corrected chi connectivity index (χ1v) is 7.86. The van der Waals surface area contributed by atoms with Crippen molar-refractivity contribution in [1.29, 1.82) is 0 Å². The van der Waals surface area contributed by atoms with Crippen molar-refractivity contribution in [2.45, 2.75) is 24.4 Å². The Bertz CT molecular complexity index is 494. The molecule has 0 radical (unpaired) electrons. The largest absolute Gasteiger partial charge is 0.381 e. The van der Waals surface area contributed by atoms with Crippen molar-refractivity contribution in [3.05, 3.63) is 11.8 Å². The molecule has 1 saturated heterocycles. The maximum atomic E-state index is 12.1. The van der Waals surface area contributed by atoms with Crippen LogP contribution in [0, 0.1) is 5.92 Å². The van der Waals surface area contributed by atoms with Crippen molar-refractivity contribution in [2.24, 2.45) is 5.92 Å². The summed E-state index contributed by atoms with van der Waals surface area (Å²) in [4.78, 5) is 0. The molecule has 1 aromatic heterocycles. The first kappa shape index (κ1) is 14.4. The van der Waals surface area contributed by atoms with E-state index in [-0.39, 0.29) is 5.03 Å². The first-order valence-electron chi connectivity index (χ1n) is 6.37. The van der Waals surface area contributed by atoms with Crippen molar-refractivity contribution in [3.8, 4) is 0 Å². The Labute approximate surface area is 113 Å². The lowest BCUT2D eigenvalue weighted by Gasteiger charge is -2.09. The van der Waals surface area contributed by atoms with Gasteiger partial charge in [0, 0.05) is 31.9 Å². The lowest BCUT2D eigenvalue weighted by Crippen LogP contribution is -2.28. The van der Waals surface area contributed by atoms with Gasteiger partial charge >= 0.3 is 0 Å². The van der Waals surface area contributed by atoms with Gasteiger partial charge in [-0.1, -0.05) is 0 Å². The number of nitrogens with one attached hydrogen (secondary N) is 3. The van der Waals surface area contributed by atoms with E-state index in [1.807, 2.05) is 0 Å². The van der Waals surface area contributed by atoms with Gasteiger partial charge in [-0.15, -0.1) is 0 Å². The Morgan fingerprint density at radius 1 is 1.58 bits per heavy atom. The molecule has 19 heavy (non-hydrogen) atoms. The number of nitrogens with zero attached hydrogens (tertiary/aromatic N) is 1. The van der Waals surface area contributed by atoms with E-state index in [0.29, 0.717) is 24.6 Å². The van der Waals surface area contributed by atoms with Crippen LogP contribution >= 0.6 is 0 Å². The predicted octanol–water partition coefficient (Wildman–Crippen LogP) is -0.166. The van der Waals surface area contributed by atoms with E-state index in [9.17, 15) is 8.42 Å². The summed E-state index contributed by atoms with van der Waals surface area (Å²) in [6.07, 6.45) is 3.33. The van der Waals surface area contributed by atoms with Crippen LogP contribution in [0.15, 0.2) is 11.2 Å². The summed E-state index contributed by atoms with van der Waals surface area (Å²) in [7, 11) is -1.75. The third-order valence-corrected chi connectivity index (χ3v) is 4.66. The van der Waals surface area contributed by atoms with E-state index in [1.54, 1.807) is 7.05 Å². The topological polar surface area (TPSA) is 96.1 Å². The Morgan fingerprint density at radius 3 is 3.11 bits per heavy atom. The summed E-state index contributed by atoms with van der Waals surface area (Å²) in [6, 6.07) is 0. The molecule has 0 spiro atoms. The van der Waals surface area contributed by atoms with Crippen LogP contribution in [0.2, 0.25) is 0 Å². The summed E-state index contributed by atoms with van der Waals surface area (Å²) >= 11 is 0. The number of sulfonamides is 1. The number of aromatic nitrogens is 2. The fraction of sp³-hybridized carbons (Fsp3) is 0.727. The molecule has 0 bridgehead atoms. The van der Waals surface area contributed by atoms with Crippen LogP contribution in [0.4, 0.5) is 0 Å². The van der Waals surface area contributed by atoms with Gasteiger partial charge in [-0.25, -0.2) is 13.1 Å². The number of aromatic amines is 1. The third-order valence-electron chi connectivity index (χ3n) is 3.18. The zero-order valence-corrected chi connectivity index (χ0v) is 11.8. The second-order valence-electron chi connectivity index (χ2n) is 4.67. The van der Waals surface area contributed by atoms with Gasteiger partial charge in [0.15, 0.2) is 5.03 Å². The van der Waals surface area contributed by atoms with E-state index in [4.69, 9.17) is 4.74 Å². The molecule has 1 atom stereocenters. The fourth-order valence-corrected chi connectivity index (χ4v) is 3.30. The van der Waals surface area contributed by atoms with Crippen molar-refractivity contribution >= 4 is 10.0 Å². The van der Waals surface area contributed by atoms with Crippen LogP contribution in [-0.4, -0.2) is 45.4 Å². The van der Waals surface area contributed by atoms with Gasteiger partial charge in [-0.05, 0) is 25.8 Å². The van der Waals surface area contributed by atoms with Crippen LogP contribution in [-0.2, 0) is 21.3 Å². The van der Waals surface area contributed by atoms with Gasteiger partial charge in [-0.3, -0.25) is 5.10 Å². The van der Waals surface area contributed by atoms with Gasteiger partial charge in [0.25, 0.3) is 10.0 Å². The molecule has 108 valence electrons. The summed E-state index contributed by atoms with van der Waals surface area (Å²) in [5, 5.41) is 9.39. The van der Waals surface area contributed by atoms with Gasteiger partial charge in [0.2, 0.25) is 0 Å². The molecule has 1 aliphatic rings. The number of hydrogen-bond acceptors (Lipinski definition) is 5. The average molecular weight is 288 g/mol. The summed E-state index contributed by atoms with van der Waals surface area (Å²) < 4.78 is 32.1. The zero-order valence-electron chi connectivity index (χ0n) is 11.0. The highest BCUT2D eigenvalue weighted by atomic mass is 32.2. The summed E-state index contributed by atoms with van der Waals surface area (Å²) in [6.45, 7) is 2.40. The lowest BCUT2D eigenvalue weighted by molar-refractivity contribution is 0.184. The standard InChI is InChI=1S/C11H20N4O3S/c1-12-6-10-7-13-15-11(10)19(16,17)14-4-2-9-3-5-18-8-9/h7,9,12,14H,2-6,8H2,1H3,(H,13,15). The van der Waals surface area contributed by atoms with Crippen molar-refractivity contribution in [3.63, 3.8) is 0 Å². The number of hydrogen-bond donors (Lipinski definition) is 3. The minimum Gasteiger partial charge on any atom is -0.381 e. The molecule has 0 amide bonds. The maximum Gasteiger partial charge on any atom is 0.257 e. The van der Waals surface area contributed by atoms with Gasteiger partial charge in [-0.2, -0.15) is 5.10 Å². The predicted molar refractivity (Wildman–Crippen MR) is 70.1 cm³/mol. The minimum absolute atomic E-state index is 0.143. The van der Waals surface area contributed by atoms with Crippen LogP contribution in [0.25, 0.3) is 0 Å². The zero-order chi connectivity index (χ0) is 13.7. The minimum atomic E-state index is -3.51. The molecule has 0 saturated carbocycles. The van der Waals surface area contributed by atoms with E-state index in [2.05, 4.69) is 20.2 Å². The molecular weight excluding hydrogens is 268 g/mol. The Morgan fingerprint density at radius 2 is 2.42 bits per heavy atom. The van der Waals surface area contributed by atoms with E-state index >= 15 is 0 Å². The van der Waals surface area contributed by atoms with Crippen molar-refractivity contribution in [2.75, 3.05) is 26.8 Å². The fourth-order valence-electron chi connectivity index (χ4n) is 2.13. The molecule has 0 aliphatic carbocycles. The molecule has 2 rings (SSSR count). The quantitative estimate of drug-likeness (QED) is 0.647. The van der Waals surface area contributed by atoms with E-state index < -0.39 is 10.0 Å². The summed E-state index contributed by atoms with van der Waals surface area (Å²) in [5.41, 5.74) is 0.638. The molecule has 0 aromatic carbocycles. The Balaban J connectivity index is 1.91. The molecule has 2 heterocycles. The molecule has 3 N–H and O–H groups in total. The highest BCUT2D eigenvalue weighted by molar-refractivity contribution is 7.89. The van der Waals surface area contributed by atoms with Crippen LogP contribution in [0.5, 0.6) is 0 Å². The SMILES string of the molecule is CNCc1cn[nH]c1S(=O)(=O)NCCC1CCOC1. The maximum absolute atomic E-state index is 12.1. The first-order chi connectivity index (χ1) is 9.13. The van der Waals surface area contributed by atoms with E-state index in [0.717, 1.165) is 26.1 Å². The second-order valence-corrected chi connectivity index (χ2v) is 6.37. The van der Waals surface area contributed by atoms with Crippen molar-refractivity contribution in [1.82, 2.24) is 20.2 Å². The molecule has 1 aliphatic heterocycles. The summed E-state index contributed by atoms with van der Waals surface area (Å²) in [5.74, 6) is 0.459. The highest BCUT2D eigenvalue weighted by Gasteiger charge is 2.21. The normalized spacial score (nSPS) is 19.9. The molecule has 1 fully saturated rings. The molecular formula is C11H20N4O3S. The lowest BCUT2D eigenvalue weighted by atomic mass is 10.1. The Hall–Kier alpha value is -0.960. The molecule has 8 heteroatoms. The van der Waals surface area contributed by atoms with Crippen LogP contribution < -0.4 is 10.0 Å². The number of H-pyrrole nitrogens is 1. The number of rotatable bonds is 7. The monoisotopic (exact) mass is 288 g/mol. The van der Waals surface area contributed by atoms with E-state index in [1.165, 1.54) is 6.20 Å². The highest BCUT2D eigenvalue weighted by Crippen LogP contribution is 2.16. The average Bonchev–Trinajstić information content (AvgIpc) is 3.00. The molecule has 1 aromatic rings. The molecule has 1 unspecified atom stereocenters. The smallest absolute Gasteiger partial charge is 0.257 e. The number of ether oxygens (including phenoxy) is 1. The van der Waals surface area contributed by atoms with Crippen LogP contribution in [0.3, 0.4) is 0 Å². The van der Waals surface area contributed by atoms with Crippen LogP contribution in [0.1, 0.15) is 18.4 Å².